The second kappa shape index (κ2) is 7.33. The largest absolute Gasteiger partial charge is 0.454 e. The number of primary amides is 1. The Bertz CT molecular complexity index is 867. The zero-order valence-corrected chi connectivity index (χ0v) is 15.4. The van der Waals surface area contributed by atoms with E-state index >= 15 is 0 Å². The zero-order chi connectivity index (χ0) is 18.8. The van der Waals surface area contributed by atoms with E-state index in [4.69, 9.17) is 14.9 Å². The van der Waals surface area contributed by atoms with Gasteiger partial charge in [-0.05, 0) is 49.8 Å². The van der Waals surface area contributed by atoms with E-state index in [1.165, 1.54) is 17.4 Å². The maximum absolute atomic E-state index is 12.1. The molecule has 138 valence electrons. The number of nitrogens with two attached hydrogens (primary N) is 1. The van der Waals surface area contributed by atoms with Gasteiger partial charge in [-0.15, -0.1) is 11.3 Å². The predicted molar refractivity (Wildman–Crippen MR) is 96.4 cm³/mol. The Morgan fingerprint density at radius 2 is 2.15 bits per heavy atom. The smallest absolute Gasteiger partial charge is 0.374 e. The van der Waals surface area contributed by atoms with Crippen LogP contribution in [0.1, 0.15) is 50.5 Å². The average Bonchev–Trinajstić information content (AvgIpc) is 3.15. The van der Waals surface area contributed by atoms with Crippen molar-refractivity contribution in [2.45, 2.75) is 33.1 Å². The number of ether oxygens (including phenoxy) is 1. The van der Waals surface area contributed by atoms with Gasteiger partial charge in [-0.25, -0.2) is 4.79 Å². The molecule has 8 heteroatoms. The van der Waals surface area contributed by atoms with Crippen LogP contribution < -0.4 is 11.1 Å². The van der Waals surface area contributed by atoms with Crippen LogP contribution in [0.2, 0.25) is 0 Å². The average molecular weight is 376 g/mol. The number of hydrogen-bond donors (Lipinski definition) is 2. The second-order valence-electron chi connectivity index (χ2n) is 6.45. The first-order valence-electron chi connectivity index (χ1n) is 8.33. The molecule has 0 saturated carbocycles. The van der Waals surface area contributed by atoms with Gasteiger partial charge in [0.05, 0.1) is 5.56 Å². The van der Waals surface area contributed by atoms with Crippen molar-refractivity contribution in [1.29, 1.82) is 0 Å². The van der Waals surface area contributed by atoms with Crippen LogP contribution >= 0.6 is 11.3 Å². The van der Waals surface area contributed by atoms with Crippen LogP contribution in [-0.4, -0.2) is 24.4 Å². The number of carbonyl (C=O) groups excluding carboxylic acids is 3. The highest BCUT2D eigenvalue weighted by Crippen LogP contribution is 2.39. The molecule has 3 N–H and O–H groups in total. The molecule has 2 aromatic rings. The lowest BCUT2D eigenvalue weighted by atomic mass is 9.88. The highest BCUT2D eigenvalue weighted by molar-refractivity contribution is 7.17. The van der Waals surface area contributed by atoms with Gasteiger partial charge in [0.1, 0.15) is 10.8 Å². The van der Waals surface area contributed by atoms with Gasteiger partial charge in [-0.3, -0.25) is 9.59 Å². The summed E-state index contributed by atoms with van der Waals surface area (Å²) in [4.78, 5) is 36.9. The summed E-state index contributed by atoms with van der Waals surface area (Å²) >= 11 is 1.36. The molecule has 26 heavy (non-hydrogen) atoms. The van der Waals surface area contributed by atoms with E-state index in [1.807, 2.05) is 0 Å². The van der Waals surface area contributed by atoms with Crippen molar-refractivity contribution in [2.75, 3.05) is 11.9 Å². The first-order valence-corrected chi connectivity index (χ1v) is 9.14. The van der Waals surface area contributed by atoms with Crippen molar-refractivity contribution < 1.29 is 23.5 Å². The lowest BCUT2D eigenvalue weighted by molar-refractivity contribution is -0.119. The Balaban J connectivity index is 1.67. The fraction of sp³-hybridized carbons (Fsp3) is 0.389. The molecule has 2 aromatic heterocycles. The first-order chi connectivity index (χ1) is 12.3. The molecule has 0 fully saturated rings. The standard InChI is InChI=1S/C18H20N2O5S/c1-9-3-5-11-13(7-9)26-17(15(11)16(19)22)20-14(21)8-24-18(23)12-6-4-10(2)25-12/h4,6,9H,3,5,7-8H2,1-2H3,(H2,19,22)(H,20,21). The molecule has 0 bridgehead atoms. The molecular formula is C18H20N2O5S. The minimum atomic E-state index is -0.720. The van der Waals surface area contributed by atoms with Crippen LogP contribution in [0.4, 0.5) is 5.00 Å². The minimum Gasteiger partial charge on any atom is -0.454 e. The van der Waals surface area contributed by atoms with Gasteiger partial charge < -0.3 is 20.2 Å². The molecule has 3 rings (SSSR count). The number of nitrogens with one attached hydrogen (secondary N) is 1. The minimum absolute atomic E-state index is 0.0358. The number of hydrogen-bond acceptors (Lipinski definition) is 6. The number of amides is 2. The van der Waals surface area contributed by atoms with Gasteiger partial charge in [0.2, 0.25) is 5.76 Å². The molecule has 0 spiro atoms. The van der Waals surface area contributed by atoms with Crippen LogP contribution in [-0.2, 0) is 22.4 Å². The fourth-order valence-corrected chi connectivity index (χ4v) is 4.44. The van der Waals surface area contributed by atoms with E-state index < -0.39 is 24.4 Å². The number of rotatable bonds is 5. The van der Waals surface area contributed by atoms with E-state index in [0.29, 0.717) is 22.2 Å². The molecule has 1 aliphatic rings. The number of furan rings is 1. The molecule has 0 aliphatic heterocycles. The monoisotopic (exact) mass is 376 g/mol. The third-order valence-electron chi connectivity index (χ3n) is 4.29. The molecule has 1 aliphatic carbocycles. The molecule has 2 amide bonds. The Hall–Kier alpha value is -2.61. The Morgan fingerprint density at radius 3 is 2.81 bits per heavy atom. The molecule has 0 radical (unpaired) electrons. The van der Waals surface area contributed by atoms with Crippen molar-refractivity contribution in [3.63, 3.8) is 0 Å². The molecule has 0 saturated heterocycles. The third kappa shape index (κ3) is 3.80. The number of fused-ring (bicyclic) bond motifs is 1. The van der Waals surface area contributed by atoms with Crippen molar-refractivity contribution in [3.05, 3.63) is 39.7 Å². The highest BCUT2D eigenvalue weighted by atomic mass is 32.1. The summed E-state index contributed by atoms with van der Waals surface area (Å²) in [7, 11) is 0. The number of anilines is 1. The van der Waals surface area contributed by atoms with Crippen LogP contribution in [0.5, 0.6) is 0 Å². The van der Waals surface area contributed by atoms with Crippen molar-refractivity contribution in [1.82, 2.24) is 0 Å². The van der Waals surface area contributed by atoms with Gasteiger partial charge in [-0.2, -0.15) is 0 Å². The molecule has 7 nitrogen and oxygen atoms in total. The van der Waals surface area contributed by atoms with Gasteiger partial charge in [0.15, 0.2) is 6.61 Å². The number of esters is 1. The summed E-state index contributed by atoms with van der Waals surface area (Å²) in [6, 6.07) is 3.11. The number of aryl methyl sites for hydroxylation is 1. The summed E-state index contributed by atoms with van der Waals surface area (Å²) < 4.78 is 10.1. The maximum atomic E-state index is 12.1. The van der Waals surface area contributed by atoms with E-state index in [1.54, 1.807) is 13.0 Å². The van der Waals surface area contributed by atoms with Crippen molar-refractivity contribution in [2.24, 2.45) is 11.7 Å². The fourth-order valence-electron chi connectivity index (χ4n) is 3.01. The summed E-state index contributed by atoms with van der Waals surface area (Å²) in [6.07, 6.45) is 2.62. The lowest BCUT2D eigenvalue weighted by Crippen LogP contribution is -2.23. The van der Waals surface area contributed by atoms with Gasteiger partial charge >= 0.3 is 5.97 Å². The van der Waals surface area contributed by atoms with Crippen molar-refractivity contribution >= 4 is 34.1 Å². The Labute approximate surface area is 154 Å². The number of carbonyl (C=O) groups is 3. The van der Waals surface area contributed by atoms with Crippen molar-refractivity contribution in [3.8, 4) is 0 Å². The van der Waals surface area contributed by atoms with Gasteiger partial charge in [0, 0.05) is 4.88 Å². The van der Waals surface area contributed by atoms with Crippen LogP contribution in [0.25, 0.3) is 0 Å². The van der Waals surface area contributed by atoms with Crippen LogP contribution in [0.15, 0.2) is 16.5 Å². The Kier molecular flexibility index (Phi) is 5.13. The maximum Gasteiger partial charge on any atom is 0.374 e. The van der Waals surface area contributed by atoms with E-state index in [0.717, 1.165) is 29.7 Å². The van der Waals surface area contributed by atoms with Crippen LogP contribution in [0, 0.1) is 12.8 Å². The van der Waals surface area contributed by atoms with E-state index in [-0.39, 0.29) is 5.76 Å². The summed E-state index contributed by atoms with van der Waals surface area (Å²) in [5, 5.41) is 3.07. The molecule has 1 unspecified atom stereocenters. The van der Waals surface area contributed by atoms with E-state index in [2.05, 4.69) is 12.2 Å². The molecule has 2 heterocycles. The molecular weight excluding hydrogens is 356 g/mol. The van der Waals surface area contributed by atoms with Gasteiger partial charge in [-0.1, -0.05) is 6.92 Å². The third-order valence-corrected chi connectivity index (χ3v) is 5.46. The van der Waals surface area contributed by atoms with Crippen LogP contribution in [0.3, 0.4) is 0 Å². The zero-order valence-electron chi connectivity index (χ0n) is 14.6. The summed E-state index contributed by atoms with van der Waals surface area (Å²) in [5.74, 6) is -0.670. The molecule has 1 atom stereocenters. The summed E-state index contributed by atoms with van der Waals surface area (Å²) in [5.41, 5.74) is 6.82. The van der Waals surface area contributed by atoms with Gasteiger partial charge in [0.25, 0.3) is 11.8 Å². The summed E-state index contributed by atoms with van der Waals surface area (Å²) in [6.45, 7) is 3.38. The lowest BCUT2D eigenvalue weighted by Gasteiger charge is -2.18. The second-order valence-corrected chi connectivity index (χ2v) is 7.56. The quantitative estimate of drug-likeness (QED) is 0.779. The normalized spacial score (nSPS) is 16.0. The first kappa shape index (κ1) is 18.2. The van der Waals surface area contributed by atoms with E-state index in [9.17, 15) is 14.4 Å². The Morgan fingerprint density at radius 1 is 1.38 bits per heavy atom. The molecule has 0 aromatic carbocycles. The number of thiophene rings is 1. The predicted octanol–water partition coefficient (Wildman–Crippen LogP) is 2.67. The SMILES string of the molecule is Cc1ccc(C(=O)OCC(=O)Nc2sc3c(c2C(N)=O)CCC(C)C3)o1. The highest BCUT2D eigenvalue weighted by Gasteiger charge is 2.27. The topological polar surface area (TPSA) is 112 Å².